The molecule has 5 nitrogen and oxygen atoms in total. The van der Waals surface area contributed by atoms with E-state index in [1.54, 1.807) is 6.20 Å². The van der Waals surface area contributed by atoms with Crippen molar-refractivity contribution in [2.24, 2.45) is 0 Å². The molecular weight excluding hydrogens is 232 g/mol. The largest absolute Gasteiger partial charge is 0.492 e. The average Bonchev–Trinajstić information content (AvgIpc) is 2.87. The van der Waals surface area contributed by atoms with Gasteiger partial charge in [0.2, 0.25) is 0 Å². The summed E-state index contributed by atoms with van der Waals surface area (Å²) in [7, 11) is 0. The predicted octanol–water partition coefficient (Wildman–Crippen LogP) is 1.78. The number of aromatic carboxylic acids is 1. The van der Waals surface area contributed by atoms with Gasteiger partial charge in [-0.05, 0) is 11.6 Å². The molecule has 0 atom stereocenters. The van der Waals surface area contributed by atoms with Gasteiger partial charge in [0.05, 0.1) is 24.7 Å². The van der Waals surface area contributed by atoms with Crippen LogP contribution in [0.4, 0.5) is 0 Å². The Balaban J connectivity index is 2.13. The molecule has 5 heteroatoms. The first-order valence-electron chi connectivity index (χ1n) is 5.56. The lowest BCUT2D eigenvalue weighted by molar-refractivity contribution is 0.0690. The molecule has 0 spiro atoms. The van der Waals surface area contributed by atoms with Crippen LogP contribution in [0.25, 0.3) is 11.3 Å². The molecule has 2 aromatic rings. The summed E-state index contributed by atoms with van der Waals surface area (Å²) >= 11 is 0. The van der Waals surface area contributed by atoms with Crippen LogP contribution >= 0.6 is 0 Å². The van der Waals surface area contributed by atoms with Gasteiger partial charge >= 0.3 is 5.97 Å². The van der Waals surface area contributed by atoms with Gasteiger partial charge in [-0.3, -0.25) is 4.98 Å². The number of rotatable bonds is 2. The minimum atomic E-state index is -1.09. The van der Waals surface area contributed by atoms with Crippen LogP contribution in [0.15, 0.2) is 30.6 Å². The van der Waals surface area contributed by atoms with Gasteiger partial charge in [0.25, 0.3) is 0 Å². The number of benzene rings is 1. The van der Waals surface area contributed by atoms with Crippen molar-refractivity contribution in [3.8, 4) is 17.0 Å². The molecule has 18 heavy (non-hydrogen) atoms. The van der Waals surface area contributed by atoms with Crippen LogP contribution in [0.2, 0.25) is 0 Å². The molecule has 90 valence electrons. The summed E-state index contributed by atoms with van der Waals surface area (Å²) < 4.78 is 5.57. The molecule has 3 rings (SSSR count). The standard InChI is InChI=1S/C13H10N2O3/c16-13(17)11-7-14-6-10(15-11)9-3-1-2-8-4-5-18-12(8)9/h1-3,6-7H,4-5H2,(H,16,17). The normalized spacial score (nSPS) is 12.9. The molecule has 1 N–H and O–H groups in total. The van der Waals surface area contributed by atoms with E-state index < -0.39 is 5.97 Å². The monoisotopic (exact) mass is 242 g/mol. The fourth-order valence-electron chi connectivity index (χ4n) is 2.02. The molecule has 2 heterocycles. The van der Waals surface area contributed by atoms with Gasteiger partial charge in [-0.25, -0.2) is 9.78 Å². The molecule has 1 aromatic heterocycles. The van der Waals surface area contributed by atoms with E-state index in [0.29, 0.717) is 12.3 Å². The van der Waals surface area contributed by atoms with Crippen molar-refractivity contribution in [3.63, 3.8) is 0 Å². The highest BCUT2D eigenvalue weighted by Gasteiger charge is 2.18. The zero-order valence-electron chi connectivity index (χ0n) is 9.46. The first kappa shape index (κ1) is 10.7. The van der Waals surface area contributed by atoms with Crippen molar-refractivity contribution in [2.45, 2.75) is 6.42 Å². The Morgan fingerprint density at radius 3 is 3.06 bits per heavy atom. The van der Waals surface area contributed by atoms with Crippen molar-refractivity contribution in [2.75, 3.05) is 6.61 Å². The lowest BCUT2D eigenvalue weighted by Crippen LogP contribution is -2.02. The van der Waals surface area contributed by atoms with Crippen LogP contribution in [0, 0.1) is 0 Å². The highest BCUT2D eigenvalue weighted by Crippen LogP contribution is 2.35. The molecule has 0 saturated heterocycles. The van der Waals surface area contributed by atoms with E-state index >= 15 is 0 Å². The Morgan fingerprint density at radius 1 is 1.33 bits per heavy atom. The molecule has 0 bridgehead atoms. The molecule has 1 aliphatic rings. The Hall–Kier alpha value is -2.43. The van der Waals surface area contributed by atoms with Crippen LogP contribution in [0.3, 0.4) is 0 Å². The van der Waals surface area contributed by atoms with Gasteiger partial charge in [0.1, 0.15) is 5.75 Å². The second-order valence-electron chi connectivity index (χ2n) is 3.99. The number of ether oxygens (including phenoxy) is 1. The number of hydrogen-bond acceptors (Lipinski definition) is 4. The van der Waals surface area contributed by atoms with Crippen LogP contribution < -0.4 is 4.74 Å². The summed E-state index contributed by atoms with van der Waals surface area (Å²) in [6, 6.07) is 5.78. The molecule has 0 fully saturated rings. The Morgan fingerprint density at radius 2 is 2.22 bits per heavy atom. The van der Waals surface area contributed by atoms with Crippen molar-refractivity contribution >= 4 is 5.97 Å². The van der Waals surface area contributed by atoms with Crippen LogP contribution in [0.5, 0.6) is 5.75 Å². The number of aromatic nitrogens is 2. The van der Waals surface area contributed by atoms with Gasteiger partial charge in [0.15, 0.2) is 5.69 Å². The smallest absolute Gasteiger partial charge is 0.356 e. The molecule has 0 aliphatic carbocycles. The van der Waals surface area contributed by atoms with E-state index in [9.17, 15) is 4.79 Å². The highest BCUT2D eigenvalue weighted by atomic mass is 16.5. The van der Waals surface area contributed by atoms with Gasteiger partial charge in [0, 0.05) is 12.0 Å². The van der Waals surface area contributed by atoms with Gasteiger partial charge in [-0.15, -0.1) is 0 Å². The van der Waals surface area contributed by atoms with Gasteiger partial charge < -0.3 is 9.84 Å². The number of carboxylic acids is 1. The van der Waals surface area contributed by atoms with Crippen molar-refractivity contribution in [3.05, 3.63) is 41.9 Å². The van der Waals surface area contributed by atoms with E-state index in [4.69, 9.17) is 9.84 Å². The maximum absolute atomic E-state index is 10.9. The Kier molecular flexibility index (Phi) is 2.44. The second-order valence-corrected chi connectivity index (χ2v) is 3.99. The zero-order chi connectivity index (χ0) is 12.5. The van der Waals surface area contributed by atoms with E-state index in [0.717, 1.165) is 23.3 Å². The summed E-state index contributed by atoms with van der Waals surface area (Å²) in [6.07, 6.45) is 3.65. The molecular formula is C13H10N2O3. The topological polar surface area (TPSA) is 72.3 Å². The lowest BCUT2D eigenvalue weighted by atomic mass is 10.1. The zero-order valence-corrected chi connectivity index (χ0v) is 9.46. The maximum Gasteiger partial charge on any atom is 0.356 e. The quantitative estimate of drug-likeness (QED) is 0.868. The summed E-state index contributed by atoms with van der Waals surface area (Å²) in [5.74, 6) is -0.299. The molecule has 1 aromatic carbocycles. The SMILES string of the molecule is O=C(O)c1cncc(-c2cccc3c2OCC3)n1. The maximum atomic E-state index is 10.9. The highest BCUT2D eigenvalue weighted by molar-refractivity contribution is 5.85. The minimum Gasteiger partial charge on any atom is -0.492 e. The fraction of sp³-hybridized carbons (Fsp3) is 0.154. The third kappa shape index (κ3) is 1.69. The Labute approximate surface area is 103 Å². The summed E-state index contributed by atoms with van der Waals surface area (Å²) in [5.41, 5.74) is 2.37. The van der Waals surface area contributed by atoms with Crippen molar-refractivity contribution in [1.29, 1.82) is 0 Å². The van der Waals surface area contributed by atoms with Crippen LogP contribution in [0.1, 0.15) is 16.1 Å². The third-order valence-corrected chi connectivity index (χ3v) is 2.84. The summed E-state index contributed by atoms with van der Waals surface area (Å²) in [5, 5.41) is 8.92. The van der Waals surface area contributed by atoms with Crippen LogP contribution in [-0.2, 0) is 6.42 Å². The van der Waals surface area contributed by atoms with E-state index in [1.165, 1.54) is 6.20 Å². The average molecular weight is 242 g/mol. The Bertz CT molecular complexity index is 625. The summed E-state index contributed by atoms with van der Waals surface area (Å²) in [6.45, 7) is 0.651. The van der Waals surface area contributed by atoms with E-state index in [2.05, 4.69) is 9.97 Å². The van der Waals surface area contributed by atoms with Crippen LogP contribution in [-0.4, -0.2) is 27.7 Å². The number of fused-ring (bicyclic) bond motifs is 1. The molecule has 0 unspecified atom stereocenters. The number of carboxylic acid groups (broad SMARTS) is 1. The van der Waals surface area contributed by atoms with Crippen molar-refractivity contribution in [1.82, 2.24) is 9.97 Å². The number of carbonyl (C=O) groups is 1. The first-order valence-corrected chi connectivity index (χ1v) is 5.56. The molecule has 0 saturated carbocycles. The number of nitrogens with zero attached hydrogens (tertiary/aromatic N) is 2. The second kappa shape index (κ2) is 4.10. The number of para-hydroxylation sites is 1. The van der Waals surface area contributed by atoms with Gasteiger partial charge in [-0.2, -0.15) is 0 Å². The van der Waals surface area contributed by atoms with E-state index in [-0.39, 0.29) is 5.69 Å². The first-order chi connectivity index (χ1) is 8.75. The lowest BCUT2D eigenvalue weighted by Gasteiger charge is -2.07. The molecule has 0 radical (unpaired) electrons. The number of hydrogen-bond donors (Lipinski definition) is 1. The van der Waals surface area contributed by atoms with Crippen molar-refractivity contribution < 1.29 is 14.6 Å². The van der Waals surface area contributed by atoms with Gasteiger partial charge in [-0.1, -0.05) is 12.1 Å². The molecule has 1 aliphatic heterocycles. The predicted molar refractivity (Wildman–Crippen MR) is 63.6 cm³/mol. The molecule has 0 amide bonds. The third-order valence-electron chi connectivity index (χ3n) is 2.84. The summed E-state index contributed by atoms with van der Waals surface area (Å²) in [4.78, 5) is 18.9. The fourth-order valence-corrected chi connectivity index (χ4v) is 2.02. The minimum absolute atomic E-state index is 0.0666. The van der Waals surface area contributed by atoms with E-state index in [1.807, 2.05) is 18.2 Å².